The fourth-order valence-corrected chi connectivity index (χ4v) is 1.46. The van der Waals surface area contributed by atoms with Gasteiger partial charge in [0.05, 0.1) is 11.6 Å². The summed E-state index contributed by atoms with van der Waals surface area (Å²) in [6.45, 7) is 2.54. The van der Waals surface area contributed by atoms with Crippen molar-refractivity contribution in [2.45, 2.75) is 13.3 Å². The van der Waals surface area contributed by atoms with Crippen LogP contribution in [0.4, 0.5) is 5.69 Å². The van der Waals surface area contributed by atoms with Crippen LogP contribution in [0.3, 0.4) is 0 Å². The number of nitrogens with one attached hydrogen (secondary N) is 1. The molecule has 0 aliphatic rings. The first-order valence-electron chi connectivity index (χ1n) is 5.49. The van der Waals surface area contributed by atoms with Crippen LogP contribution >= 0.6 is 0 Å². The molecule has 0 aromatic heterocycles. The Morgan fingerprint density at radius 1 is 1.47 bits per heavy atom. The standard InChI is InChI=1S/C13H17N3O/c1-10-8-11(9-14)4-5-12(10)15-7-6-13(17)16(2)3/h4-5,8,15H,6-7H2,1-3H3. The highest BCUT2D eigenvalue weighted by Gasteiger charge is 2.04. The third-order valence-electron chi connectivity index (χ3n) is 2.51. The van der Waals surface area contributed by atoms with Crippen LogP contribution in [0.15, 0.2) is 18.2 Å². The number of anilines is 1. The molecular formula is C13H17N3O. The highest BCUT2D eigenvalue weighted by Crippen LogP contribution is 2.15. The molecule has 0 heterocycles. The molecule has 0 aliphatic carbocycles. The maximum absolute atomic E-state index is 11.4. The molecule has 1 aromatic rings. The summed E-state index contributed by atoms with van der Waals surface area (Å²) in [6.07, 6.45) is 0.465. The number of benzene rings is 1. The molecule has 4 heteroatoms. The minimum absolute atomic E-state index is 0.101. The molecule has 0 bridgehead atoms. The summed E-state index contributed by atoms with van der Waals surface area (Å²) in [5.74, 6) is 0.101. The zero-order valence-corrected chi connectivity index (χ0v) is 10.4. The van der Waals surface area contributed by atoms with Gasteiger partial charge in [-0.05, 0) is 30.7 Å². The molecule has 17 heavy (non-hydrogen) atoms. The topological polar surface area (TPSA) is 56.1 Å². The Kier molecular flexibility index (Phi) is 4.53. The number of amides is 1. The number of nitriles is 1. The van der Waals surface area contributed by atoms with E-state index in [1.807, 2.05) is 19.1 Å². The molecule has 0 atom stereocenters. The van der Waals surface area contributed by atoms with Gasteiger partial charge in [0.1, 0.15) is 0 Å². The summed E-state index contributed by atoms with van der Waals surface area (Å²) in [4.78, 5) is 12.9. The van der Waals surface area contributed by atoms with Crippen LogP contribution in [0.25, 0.3) is 0 Å². The Balaban J connectivity index is 2.53. The van der Waals surface area contributed by atoms with E-state index in [1.54, 1.807) is 25.1 Å². The first kappa shape index (κ1) is 13.0. The predicted molar refractivity (Wildman–Crippen MR) is 67.7 cm³/mol. The van der Waals surface area contributed by atoms with Gasteiger partial charge >= 0.3 is 0 Å². The van der Waals surface area contributed by atoms with E-state index in [2.05, 4.69) is 11.4 Å². The van der Waals surface area contributed by atoms with E-state index in [1.165, 1.54) is 0 Å². The van der Waals surface area contributed by atoms with Crippen LogP contribution in [0, 0.1) is 18.3 Å². The molecule has 1 rings (SSSR count). The SMILES string of the molecule is Cc1cc(C#N)ccc1NCCC(=O)N(C)C. The molecule has 0 unspecified atom stereocenters. The minimum Gasteiger partial charge on any atom is -0.384 e. The molecule has 4 nitrogen and oxygen atoms in total. The molecule has 0 spiro atoms. The molecule has 0 aliphatic heterocycles. The Bertz CT molecular complexity index is 446. The maximum atomic E-state index is 11.4. The summed E-state index contributed by atoms with van der Waals surface area (Å²) in [6, 6.07) is 7.56. The van der Waals surface area contributed by atoms with Crippen molar-refractivity contribution >= 4 is 11.6 Å². The van der Waals surface area contributed by atoms with Crippen LogP contribution in [-0.2, 0) is 4.79 Å². The van der Waals surface area contributed by atoms with Gasteiger partial charge in [-0.3, -0.25) is 4.79 Å². The van der Waals surface area contributed by atoms with E-state index in [9.17, 15) is 4.79 Å². The van der Waals surface area contributed by atoms with E-state index < -0.39 is 0 Å². The van der Waals surface area contributed by atoms with Gasteiger partial charge in [0, 0.05) is 32.7 Å². The van der Waals surface area contributed by atoms with Crippen molar-refractivity contribution in [1.29, 1.82) is 5.26 Å². The first-order chi connectivity index (χ1) is 8.04. The Morgan fingerprint density at radius 3 is 2.71 bits per heavy atom. The van der Waals surface area contributed by atoms with Gasteiger partial charge in [0.15, 0.2) is 0 Å². The highest BCUT2D eigenvalue weighted by atomic mass is 16.2. The zero-order chi connectivity index (χ0) is 12.8. The lowest BCUT2D eigenvalue weighted by molar-refractivity contribution is -0.128. The summed E-state index contributed by atoms with van der Waals surface area (Å²) in [5.41, 5.74) is 2.63. The second-order valence-electron chi connectivity index (χ2n) is 4.11. The van der Waals surface area contributed by atoms with Crippen molar-refractivity contribution in [3.8, 4) is 6.07 Å². The van der Waals surface area contributed by atoms with E-state index in [-0.39, 0.29) is 5.91 Å². The Hall–Kier alpha value is -2.02. The molecule has 0 saturated heterocycles. The van der Waals surface area contributed by atoms with Gasteiger partial charge in [-0.2, -0.15) is 5.26 Å². The lowest BCUT2D eigenvalue weighted by atomic mass is 10.1. The second-order valence-corrected chi connectivity index (χ2v) is 4.11. The number of rotatable bonds is 4. The monoisotopic (exact) mass is 231 g/mol. The molecule has 0 saturated carbocycles. The lowest BCUT2D eigenvalue weighted by Crippen LogP contribution is -2.24. The summed E-state index contributed by atoms with van der Waals surface area (Å²) in [5, 5.41) is 11.9. The average Bonchev–Trinajstić information content (AvgIpc) is 2.30. The number of carbonyl (C=O) groups is 1. The van der Waals surface area contributed by atoms with Crippen LogP contribution in [0.5, 0.6) is 0 Å². The van der Waals surface area contributed by atoms with Crippen LogP contribution in [0.2, 0.25) is 0 Å². The van der Waals surface area contributed by atoms with Crippen molar-refractivity contribution in [3.63, 3.8) is 0 Å². The molecule has 90 valence electrons. The van der Waals surface area contributed by atoms with Gasteiger partial charge in [0.2, 0.25) is 5.91 Å². The fourth-order valence-electron chi connectivity index (χ4n) is 1.46. The number of hydrogen-bond acceptors (Lipinski definition) is 3. The fraction of sp³-hybridized carbons (Fsp3) is 0.385. The highest BCUT2D eigenvalue weighted by molar-refractivity contribution is 5.76. The largest absolute Gasteiger partial charge is 0.384 e. The predicted octanol–water partition coefficient (Wildman–Crippen LogP) is 1.76. The normalized spacial score (nSPS) is 9.53. The van der Waals surface area contributed by atoms with Crippen LogP contribution in [-0.4, -0.2) is 31.4 Å². The van der Waals surface area contributed by atoms with Crippen molar-refractivity contribution in [1.82, 2.24) is 4.90 Å². The Labute approximate surface area is 102 Å². The van der Waals surface area contributed by atoms with E-state index >= 15 is 0 Å². The quantitative estimate of drug-likeness (QED) is 0.859. The maximum Gasteiger partial charge on any atom is 0.223 e. The second kappa shape index (κ2) is 5.90. The van der Waals surface area contributed by atoms with E-state index in [0.717, 1.165) is 11.3 Å². The van der Waals surface area contributed by atoms with Crippen molar-refractivity contribution in [2.24, 2.45) is 0 Å². The third kappa shape index (κ3) is 3.80. The Morgan fingerprint density at radius 2 is 2.18 bits per heavy atom. The molecular weight excluding hydrogens is 214 g/mol. The third-order valence-corrected chi connectivity index (χ3v) is 2.51. The van der Waals surface area contributed by atoms with E-state index in [4.69, 9.17) is 5.26 Å². The molecule has 1 amide bonds. The molecule has 1 aromatic carbocycles. The van der Waals surface area contributed by atoms with Gasteiger partial charge in [0.25, 0.3) is 0 Å². The zero-order valence-electron chi connectivity index (χ0n) is 10.4. The van der Waals surface area contributed by atoms with E-state index in [0.29, 0.717) is 18.5 Å². The van der Waals surface area contributed by atoms with Crippen molar-refractivity contribution in [2.75, 3.05) is 26.0 Å². The summed E-state index contributed by atoms with van der Waals surface area (Å²) < 4.78 is 0. The summed E-state index contributed by atoms with van der Waals surface area (Å²) >= 11 is 0. The smallest absolute Gasteiger partial charge is 0.223 e. The van der Waals surface area contributed by atoms with Crippen LogP contribution < -0.4 is 5.32 Å². The summed E-state index contributed by atoms with van der Waals surface area (Å²) in [7, 11) is 3.49. The van der Waals surface area contributed by atoms with Gasteiger partial charge < -0.3 is 10.2 Å². The molecule has 1 N–H and O–H groups in total. The van der Waals surface area contributed by atoms with Gasteiger partial charge in [-0.15, -0.1) is 0 Å². The lowest BCUT2D eigenvalue weighted by Gasteiger charge is -2.12. The number of aryl methyl sites for hydroxylation is 1. The molecule has 0 fully saturated rings. The number of nitrogens with zero attached hydrogens (tertiary/aromatic N) is 2. The van der Waals surface area contributed by atoms with Crippen molar-refractivity contribution < 1.29 is 4.79 Å². The first-order valence-corrected chi connectivity index (χ1v) is 5.49. The van der Waals surface area contributed by atoms with Gasteiger partial charge in [-0.1, -0.05) is 0 Å². The van der Waals surface area contributed by atoms with Crippen LogP contribution in [0.1, 0.15) is 17.5 Å². The number of hydrogen-bond donors (Lipinski definition) is 1. The molecule has 0 radical (unpaired) electrons. The minimum atomic E-state index is 0.101. The van der Waals surface area contributed by atoms with Crippen molar-refractivity contribution in [3.05, 3.63) is 29.3 Å². The van der Waals surface area contributed by atoms with Gasteiger partial charge in [-0.25, -0.2) is 0 Å². The average molecular weight is 231 g/mol. The number of carbonyl (C=O) groups excluding carboxylic acids is 1.